The van der Waals surface area contributed by atoms with Gasteiger partial charge >= 0.3 is 0 Å². The number of thiophene rings is 1. The Morgan fingerprint density at radius 2 is 2.00 bits per heavy atom. The lowest BCUT2D eigenvalue weighted by atomic mass is 9.84. The summed E-state index contributed by atoms with van der Waals surface area (Å²) in [6, 6.07) is 11.2. The number of rotatable bonds is 6. The van der Waals surface area contributed by atoms with Gasteiger partial charge in [-0.2, -0.15) is 5.26 Å². The number of hydrogen-bond acceptors (Lipinski definition) is 6. The summed E-state index contributed by atoms with van der Waals surface area (Å²) >= 11 is 8.92. The van der Waals surface area contributed by atoms with Gasteiger partial charge in [0.15, 0.2) is 11.6 Å². The van der Waals surface area contributed by atoms with E-state index in [0.717, 1.165) is 10.4 Å². The number of Topliss-reactive ketones (excluding diaryl/α,β-unsaturated/α-hetero) is 2. The SMILES string of the molecule is CC(=O)C1=C(C)NC(SCC(=O)c2ccccc2Cl)=C(C#N)C1c1sccc1C. The third-order valence-electron chi connectivity index (χ3n) is 4.71. The van der Waals surface area contributed by atoms with Crippen LogP contribution in [0.3, 0.4) is 0 Å². The fraction of sp³-hybridized carbons (Fsp3) is 0.227. The van der Waals surface area contributed by atoms with Gasteiger partial charge in [0, 0.05) is 21.7 Å². The molecule has 0 spiro atoms. The molecule has 3 rings (SSSR count). The number of nitrogens with zero attached hydrogens (tertiary/aromatic N) is 1. The van der Waals surface area contributed by atoms with E-state index < -0.39 is 5.92 Å². The van der Waals surface area contributed by atoms with Gasteiger partial charge in [-0.3, -0.25) is 9.59 Å². The maximum atomic E-state index is 12.6. The predicted molar refractivity (Wildman–Crippen MR) is 119 cm³/mol. The molecule has 4 nitrogen and oxygen atoms in total. The maximum absolute atomic E-state index is 12.6. The molecule has 0 aliphatic carbocycles. The molecule has 0 saturated carbocycles. The molecule has 2 aromatic rings. The molecule has 0 radical (unpaired) electrons. The van der Waals surface area contributed by atoms with Crippen LogP contribution in [-0.4, -0.2) is 17.3 Å². The quantitative estimate of drug-likeness (QED) is 0.588. The van der Waals surface area contributed by atoms with Crippen LogP contribution >= 0.6 is 34.7 Å². The van der Waals surface area contributed by atoms with Crippen molar-refractivity contribution in [2.24, 2.45) is 0 Å². The molecule has 1 aromatic carbocycles. The first-order valence-electron chi connectivity index (χ1n) is 8.92. The van der Waals surface area contributed by atoms with Crippen molar-refractivity contribution >= 4 is 46.3 Å². The molecule has 1 unspecified atom stereocenters. The number of nitriles is 1. The van der Waals surface area contributed by atoms with Gasteiger partial charge in [0.25, 0.3) is 0 Å². The third-order valence-corrected chi connectivity index (χ3v) is 7.14. The largest absolute Gasteiger partial charge is 0.353 e. The standard InChI is InChI=1S/C22H19ClN2O2S2/c1-12-8-9-28-21(12)20-16(10-24)22(25-13(2)19(20)14(3)26)29-11-18(27)15-6-4-5-7-17(15)23/h4-9,20,25H,11H2,1-3H3. The van der Waals surface area contributed by atoms with E-state index in [9.17, 15) is 14.9 Å². The third kappa shape index (κ3) is 4.32. The molecule has 29 heavy (non-hydrogen) atoms. The Morgan fingerprint density at radius 3 is 2.59 bits per heavy atom. The van der Waals surface area contributed by atoms with E-state index in [1.807, 2.05) is 25.3 Å². The Morgan fingerprint density at radius 1 is 1.28 bits per heavy atom. The Kier molecular flexibility index (Phi) is 6.63. The summed E-state index contributed by atoms with van der Waals surface area (Å²) in [6.45, 7) is 5.32. The Balaban J connectivity index is 1.96. The summed E-state index contributed by atoms with van der Waals surface area (Å²) in [7, 11) is 0. The number of halogens is 1. The van der Waals surface area contributed by atoms with E-state index in [0.29, 0.717) is 32.5 Å². The van der Waals surface area contributed by atoms with Crippen molar-refractivity contribution in [3.63, 3.8) is 0 Å². The van der Waals surface area contributed by atoms with Crippen molar-refractivity contribution in [2.75, 3.05) is 5.75 Å². The van der Waals surface area contributed by atoms with Gasteiger partial charge in [-0.1, -0.05) is 35.5 Å². The van der Waals surface area contributed by atoms with Crippen molar-refractivity contribution in [1.29, 1.82) is 5.26 Å². The summed E-state index contributed by atoms with van der Waals surface area (Å²) in [5.41, 5.74) is 3.26. The van der Waals surface area contributed by atoms with E-state index >= 15 is 0 Å². The van der Waals surface area contributed by atoms with Gasteiger partial charge in [-0.25, -0.2) is 0 Å². The monoisotopic (exact) mass is 442 g/mol. The van der Waals surface area contributed by atoms with Gasteiger partial charge in [0.1, 0.15) is 0 Å². The second-order valence-electron chi connectivity index (χ2n) is 6.67. The lowest BCUT2D eigenvalue weighted by Gasteiger charge is -2.29. The average Bonchev–Trinajstić information content (AvgIpc) is 3.11. The molecule has 7 heteroatoms. The minimum Gasteiger partial charge on any atom is -0.353 e. The molecule has 1 aliphatic heterocycles. The topological polar surface area (TPSA) is 70.0 Å². The van der Waals surface area contributed by atoms with Crippen LogP contribution < -0.4 is 5.32 Å². The first-order valence-corrected chi connectivity index (χ1v) is 11.2. The molecule has 0 saturated heterocycles. The number of thioether (sulfide) groups is 1. The highest BCUT2D eigenvalue weighted by Crippen LogP contribution is 2.43. The first kappa shape index (κ1) is 21.4. The van der Waals surface area contributed by atoms with E-state index in [1.54, 1.807) is 24.3 Å². The number of aryl methyl sites for hydroxylation is 1. The Hall–Kier alpha value is -2.33. The van der Waals surface area contributed by atoms with E-state index in [1.165, 1.54) is 30.0 Å². The second kappa shape index (κ2) is 9.00. The van der Waals surface area contributed by atoms with Gasteiger partial charge in [-0.15, -0.1) is 11.3 Å². The van der Waals surface area contributed by atoms with Crippen molar-refractivity contribution in [2.45, 2.75) is 26.7 Å². The van der Waals surface area contributed by atoms with Gasteiger partial charge in [0.05, 0.1) is 33.4 Å². The molecule has 148 valence electrons. The number of dihydropyridines is 1. The normalized spacial score (nSPS) is 16.4. The average molecular weight is 443 g/mol. The van der Waals surface area contributed by atoms with Crippen LogP contribution in [0.4, 0.5) is 0 Å². The van der Waals surface area contributed by atoms with Gasteiger partial charge in [0.2, 0.25) is 0 Å². The van der Waals surface area contributed by atoms with E-state index in [-0.39, 0.29) is 17.3 Å². The summed E-state index contributed by atoms with van der Waals surface area (Å²) in [4.78, 5) is 26.0. The van der Waals surface area contributed by atoms with Crippen LogP contribution in [0.25, 0.3) is 0 Å². The Labute approximate surface area is 183 Å². The molecule has 0 bridgehead atoms. The van der Waals surface area contributed by atoms with Crippen LogP contribution in [0, 0.1) is 18.3 Å². The van der Waals surface area contributed by atoms with Crippen LogP contribution in [-0.2, 0) is 4.79 Å². The molecular weight excluding hydrogens is 424 g/mol. The fourth-order valence-electron chi connectivity index (χ4n) is 3.34. The zero-order chi connectivity index (χ0) is 21.1. The molecular formula is C22H19ClN2O2S2. The highest BCUT2D eigenvalue weighted by Gasteiger charge is 2.34. The van der Waals surface area contributed by atoms with Crippen molar-refractivity contribution in [1.82, 2.24) is 5.32 Å². The lowest BCUT2D eigenvalue weighted by molar-refractivity contribution is -0.113. The number of hydrogen-bond donors (Lipinski definition) is 1. The smallest absolute Gasteiger partial charge is 0.174 e. The number of carbonyl (C=O) groups excluding carboxylic acids is 2. The molecule has 2 heterocycles. The highest BCUT2D eigenvalue weighted by molar-refractivity contribution is 8.03. The van der Waals surface area contributed by atoms with Crippen molar-refractivity contribution in [3.05, 3.63) is 78.6 Å². The summed E-state index contributed by atoms with van der Waals surface area (Å²) < 4.78 is 0. The molecule has 0 amide bonds. The molecule has 1 aromatic heterocycles. The summed E-state index contributed by atoms with van der Waals surface area (Å²) in [5.74, 6) is -0.473. The van der Waals surface area contributed by atoms with E-state index in [4.69, 9.17) is 11.6 Å². The van der Waals surface area contributed by atoms with Crippen LogP contribution in [0.1, 0.15) is 40.6 Å². The predicted octanol–water partition coefficient (Wildman–Crippen LogP) is 5.61. The summed E-state index contributed by atoms with van der Waals surface area (Å²) in [5, 5.41) is 16.1. The number of benzene rings is 1. The minimum atomic E-state index is -0.420. The first-order chi connectivity index (χ1) is 13.8. The highest BCUT2D eigenvalue weighted by atomic mass is 35.5. The minimum absolute atomic E-state index is 0.0725. The maximum Gasteiger partial charge on any atom is 0.174 e. The van der Waals surface area contributed by atoms with E-state index in [2.05, 4.69) is 11.4 Å². The number of allylic oxidation sites excluding steroid dienone is 3. The van der Waals surface area contributed by atoms with Crippen LogP contribution in [0.5, 0.6) is 0 Å². The second-order valence-corrected chi connectivity index (χ2v) is 9.01. The molecule has 1 atom stereocenters. The molecule has 1 N–H and O–H groups in total. The lowest BCUT2D eigenvalue weighted by Crippen LogP contribution is -2.27. The zero-order valence-electron chi connectivity index (χ0n) is 16.2. The van der Waals surface area contributed by atoms with Crippen molar-refractivity contribution in [3.8, 4) is 6.07 Å². The fourth-order valence-corrected chi connectivity index (χ4v) is 5.60. The van der Waals surface area contributed by atoms with Crippen molar-refractivity contribution < 1.29 is 9.59 Å². The summed E-state index contributed by atoms with van der Waals surface area (Å²) in [6.07, 6.45) is 0. The molecule has 0 fully saturated rings. The van der Waals surface area contributed by atoms with Crippen LogP contribution in [0.2, 0.25) is 5.02 Å². The van der Waals surface area contributed by atoms with Gasteiger partial charge in [-0.05, 0) is 49.9 Å². The van der Waals surface area contributed by atoms with Gasteiger partial charge < -0.3 is 5.32 Å². The number of nitrogens with one attached hydrogen (secondary N) is 1. The zero-order valence-corrected chi connectivity index (χ0v) is 18.6. The number of ketones is 2. The number of carbonyl (C=O) groups is 2. The molecule has 1 aliphatic rings. The Bertz CT molecular complexity index is 1090. The van der Waals surface area contributed by atoms with Crippen LogP contribution in [0.15, 0.2) is 57.6 Å².